The molecule has 7 heteroatoms. The predicted molar refractivity (Wildman–Crippen MR) is 102 cm³/mol. The van der Waals surface area contributed by atoms with Crippen molar-refractivity contribution in [3.63, 3.8) is 0 Å². The topological polar surface area (TPSA) is 64.1 Å². The molecule has 2 heterocycles. The van der Waals surface area contributed by atoms with E-state index >= 15 is 0 Å². The largest absolute Gasteiger partial charge is 0.493 e. The summed E-state index contributed by atoms with van der Waals surface area (Å²) in [6, 6.07) is 9.28. The van der Waals surface area contributed by atoms with Crippen molar-refractivity contribution in [2.75, 3.05) is 47.5 Å². The lowest BCUT2D eigenvalue weighted by molar-refractivity contribution is 0.0621. The molecular weight excluding hydrogens is 346 g/mol. The van der Waals surface area contributed by atoms with Crippen LogP contribution in [0.15, 0.2) is 36.5 Å². The Kier molecular flexibility index (Phi) is 6.13. The van der Waals surface area contributed by atoms with Crippen molar-refractivity contribution >= 4 is 5.91 Å². The molecule has 0 aliphatic carbocycles. The van der Waals surface area contributed by atoms with E-state index in [1.807, 2.05) is 29.2 Å². The number of carbonyl (C=O) groups is 1. The molecule has 7 nitrogen and oxygen atoms in total. The zero-order chi connectivity index (χ0) is 19.2. The molecule has 1 aromatic heterocycles. The molecule has 1 aromatic carbocycles. The van der Waals surface area contributed by atoms with E-state index in [9.17, 15) is 4.79 Å². The molecule has 1 saturated heterocycles. The first-order valence-corrected chi connectivity index (χ1v) is 8.88. The van der Waals surface area contributed by atoms with Crippen molar-refractivity contribution in [2.45, 2.75) is 6.54 Å². The zero-order valence-electron chi connectivity index (χ0n) is 16.0. The van der Waals surface area contributed by atoms with Gasteiger partial charge in [-0.1, -0.05) is 12.1 Å². The van der Waals surface area contributed by atoms with Crippen molar-refractivity contribution in [1.29, 1.82) is 0 Å². The number of piperazine rings is 1. The SMILES string of the molecule is COc1ccc(CN2CCN(C(=O)c3ccccn3)CC2)c(OC)c1OC. The Bertz CT molecular complexity index is 774. The second-order valence-corrected chi connectivity index (χ2v) is 6.28. The zero-order valence-corrected chi connectivity index (χ0v) is 16.0. The Morgan fingerprint density at radius 1 is 0.963 bits per heavy atom. The summed E-state index contributed by atoms with van der Waals surface area (Å²) >= 11 is 0. The van der Waals surface area contributed by atoms with E-state index in [0.717, 1.165) is 25.2 Å². The Morgan fingerprint density at radius 2 is 1.70 bits per heavy atom. The van der Waals surface area contributed by atoms with E-state index in [2.05, 4.69) is 9.88 Å². The molecule has 1 aliphatic heterocycles. The molecule has 144 valence electrons. The van der Waals surface area contributed by atoms with Gasteiger partial charge in [-0.15, -0.1) is 0 Å². The molecule has 0 atom stereocenters. The standard InChI is InChI=1S/C20H25N3O4/c1-25-17-8-7-15(18(26-2)19(17)27-3)14-22-10-12-23(13-11-22)20(24)16-6-4-5-9-21-16/h4-9H,10-14H2,1-3H3. The maximum atomic E-state index is 12.5. The number of amides is 1. The van der Waals surface area contributed by atoms with Gasteiger partial charge in [0.05, 0.1) is 21.3 Å². The lowest BCUT2D eigenvalue weighted by Crippen LogP contribution is -2.48. The van der Waals surface area contributed by atoms with Gasteiger partial charge in [-0.3, -0.25) is 14.7 Å². The van der Waals surface area contributed by atoms with E-state index in [1.54, 1.807) is 33.6 Å². The molecule has 0 radical (unpaired) electrons. The summed E-state index contributed by atoms with van der Waals surface area (Å²) in [6.07, 6.45) is 1.65. The van der Waals surface area contributed by atoms with Crippen molar-refractivity contribution in [3.05, 3.63) is 47.8 Å². The molecule has 1 fully saturated rings. The van der Waals surface area contributed by atoms with Gasteiger partial charge in [0.25, 0.3) is 5.91 Å². The van der Waals surface area contributed by atoms with E-state index < -0.39 is 0 Å². The fourth-order valence-electron chi connectivity index (χ4n) is 3.29. The van der Waals surface area contributed by atoms with E-state index in [4.69, 9.17) is 14.2 Å². The molecule has 2 aromatic rings. The minimum absolute atomic E-state index is 0.0149. The third-order valence-electron chi connectivity index (χ3n) is 4.72. The highest BCUT2D eigenvalue weighted by molar-refractivity contribution is 5.92. The molecule has 0 saturated carbocycles. The Hall–Kier alpha value is -2.80. The van der Waals surface area contributed by atoms with Gasteiger partial charge >= 0.3 is 0 Å². The molecular formula is C20H25N3O4. The molecule has 1 amide bonds. The number of hydrogen-bond donors (Lipinski definition) is 0. The van der Waals surface area contributed by atoms with E-state index in [1.165, 1.54) is 0 Å². The number of nitrogens with zero attached hydrogens (tertiary/aromatic N) is 3. The van der Waals surface area contributed by atoms with Gasteiger partial charge < -0.3 is 19.1 Å². The van der Waals surface area contributed by atoms with Crippen LogP contribution in [0, 0.1) is 0 Å². The normalized spacial score (nSPS) is 14.7. The number of rotatable bonds is 6. The molecule has 1 aliphatic rings. The van der Waals surface area contributed by atoms with Crippen LogP contribution in [0.25, 0.3) is 0 Å². The van der Waals surface area contributed by atoms with Crippen LogP contribution in [0.1, 0.15) is 16.1 Å². The average Bonchev–Trinajstić information content (AvgIpc) is 2.73. The summed E-state index contributed by atoms with van der Waals surface area (Å²) in [5.41, 5.74) is 1.52. The van der Waals surface area contributed by atoms with Gasteiger partial charge in [0.1, 0.15) is 5.69 Å². The number of aromatic nitrogens is 1. The summed E-state index contributed by atoms with van der Waals surface area (Å²) < 4.78 is 16.4. The van der Waals surface area contributed by atoms with Crippen molar-refractivity contribution in [2.24, 2.45) is 0 Å². The van der Waals surface area contributed by atoms with Gasteiger partial charge in [0.2, 0.25) is 5.75 Å². The van der Waals surface area contributed by atoms with Crippen LogP contribution >= 0.6 is 0 Å². The Morgan fingerprint density at radius 3 is 2.30 bits per heavy atom. The first-order valence-electron chi connectivity index (χ1n) is 8.88. The predicted octanol–water partition coefficient (Wildman–Crippen LogP) is 2.07. The fraction of sp³-hybridized carbons (Fsp3) is 0.400. The van der Waals surface area contributed by atoms with Gasteiger partial charge in [-0.2, -0.15) is 0 Å². The second kappa shape index (κ2) is 8.73. The minimum atomic E-state index is -0.0149. The average molecular weight is 371 g/mol. The molecule has 27 heavy (non-hydrogen) atoms. The third kappa shape index (κ3) is 4.14. The maximum Gasteiger partial charge on any atom is 0.272 e. The van der Waals surface area contributed by atoms with Crippen molar-refractivity contribution in [1.82, 2.24) is 14.8 Å². The van der Waals surface area contributed by atoms with Gasteiger partial charge in [-0.25, -0.2) is 0 Å². The third-order valence-corrected chi connectivity index (χ3v) is 4.72. The quantitative estimate of drug-likeness (QED) is 0.775. The van der Waals surface area contributed by atoms with Crippen LogP contribution in [0.3, 0.4) is 0 Å². The van der Waals surface area contributed by atoms with Crippen molar-refractivity contribution < 1.29 is 19.0 Å². The molecule has 0 bridgehead atoms. The van der Waals surface area contributed by atoms with Gasteiger partial charge in [-0.05, 0) is 18.2 Å². The molecule has 3 rings (SSSR count). The molecule has 0 N–H and O–H groups in total. The molecule has 0 unspecified atom stereocenters. The van der Waals surface area contributed by atoms with Crippen molar-refractivity contribution in [3.8, 4) is 17.2 Å². The maximum absolute atomic E-state index is 12.5. The van der Waals surface area contributed by atoms with Crippen LogP contribution in [0.5, 0.6) is 17.2 Å². The summed E-state index contributed by atoms with van der Waals surface area (Å²) in [4.78, 5) is 20.8. The van der Waals surface area contributed by atoms with Crippen LogP contribution in [-0.4, -0.2) is 68.2 Å². The monoisotopic (exact) mass is 371 g/mol. The number of hydrogen-bond acceptors (Lipinski definition) is 6. The number of benzene rings is 1. The first kappa shape index (κ1) is 19.0. The van der Waals surface area contributed by atoms with E-state index in [-0.39, 0.29) is 5.91 Å². The summed E-state index contributed by atoms with van der Waals surface area (Å²) in [5, 5.41) is 0. The smallest absolute Gasteiger partial charge is 0.272 e. The Labute approximate surface area is 159 Å². The number of ether oxygens (including phenoxy) is 3. The second-order valence-electron chi connectivity index (χ2n) is 6.28. The van der Waals surface area contributed by atoms with E-state index in [0.29, 0.717) is 36.0 Å². The van der Waals surface area contributed by atoms with Crippen LogP contribution < -0.4 is 14.2 Å². The number of methoxy groups -OCH3 is 3. The number of pyridine rings is 1. The van der Waals surface area contributed by atoms with Crippen LogP contribution in [0.2, 0.25) is 0 Å². The highest BCUT2D eigenvalue weighted by Crippen LogP contribution is 2.40. The van der Waals surface area contributed by atoms with Crippen LogP contribution in [-0.2, 0) is 6.54 Å². The molecule has 0 spiro atoms. The lowest BCUT2D eigenvalue weighted by atomic mass is 10.1. The first-order chi connectivity index (χ1) is 13.2. The summed E-state index contributed by atoms with van der Waals surface area (Å²) in [6.45, 7) is 3.64. The highest BCUT2D eigenvalue weighted by Gasteiger charge is 2.24. The highest BCUT2D eigenvalue weighted by atomic mass is 16.5. The lowest BCUT2D eigenvalue weighted by Gasteiger charge is -2.34. The Balaban J connectivity index is 1.65. The van der Waals surface area contributed by atoms with Gasteiger partial charge in [0.15, 0.2) is 11.5 Å². The summed E-state index contributed by atoms with van der Waals surface area (Å²) in [5.74, 6) is 1.91. The fourth-order valence-corrected chi connectivity index (χ4v) is 3.29. The van der Waals surface area contributed by atoms with Crippen LogP contribution in [0.4, 0.5) is 0 Å². The number of carbonyl (C=O) groups excluding carboxylic acids is 1. The summed E-state index contributed by atoms with van der Waals surface area (Å²) in [7, 11) is 4.84. The van der Waals surface area contributed by atoms with Gasteiger partial charge in [0, 0.05) is 44.5 Å². The minimum Gasteiger partial charge on any atom is -0.493 e.